The Bertz CT molecular complexity index is 3140. The first-order valence-corrected chi connectivity index (χ1v) is 22.5. The highest BCUT2D eigenvalue weighted by Crippen LogP contribution is 2.55. The number of fused-ring (bicyclic) bond motifs is 5. The minimum atomic E-state index is -0.0554. The first kappa shape index (κ1) is 36.9. The summed E-state index contributed by atoms with van der Waals surface area (Å²) in [6, 6.07) is 59.6. The predicted molar refractivity (Wildman–Crippen MR) is 264 cm³/mol. The van der Waals surface area contributed by atoms with Crippen LogP contribution in [0.5, 0.6) is 0 Å². The number of anilines is 4. The maximum absolute atomic E-state index is 2.55. The summed E-state index contributed by atoms with van der Waals surface area (Å²) in [6.07, 6.45) is 13.8. The zero-order valence-electron chi connectivity index (χ0n) is 36.0. The Labute approximate surface area is 365 Å². The highest BCUT2D eigenvalue weighted by atomic mass is 15.2. The van der Waals surface area contributed by atoms with Crippen LogP contribution in [0.3, 0.4) is 0 Å². The van der Waals surface area contributed by atoms with Gasteiger partial charge in [0.1, 0.15) is 0 Å². The zero-order valence-corrected chi connectivity index (χ0v) is 36.0. The maximum Gasteiger partial charge on any atom is 0.0502 e. The average Bonchev–Trinajstić information content (AvgIpc) is 3.31. The summed E-state index contributed by atoms with van der Waals surface area (Å²) in [4.78, 5) is 5.10. The fourth-order valence-electron chi connectivity index (χ4n) is 11.6. The fourth-order valence-corrected chi connectivity index (χ4v) is 11.6. The average molecular weight is 799 g/mol. The third-order valence-corrected chi connectivity index (χ3v) is 14.6. The van der Waals surface area contributed by atoms with Crippen LogP contribution in [-0.2, 0) is 10.8 Å². The monoisotopic (exact) mass is 798 g/mol. The summed E-state index contributed by atoms with van der Waals surface area (Å²) in [6.45, 7) is 9.65. The van der Waals surface area contributed by atoms with Gasteiger partial charge in [-0.15, -0.1) is 0 Å². The summed E-state index contributed by atoms with van der Waals surface area (Å²) < 4.78 is 0. The number of hydrogen-bond donors (Lipinski definition) is 0. The lowest BCUT2D eigenvalue weighted by atomic mass is 9.70. The Kier molecular flexibility index (Phi) is 8.22. The van der Waals surface area contributed by atoms with E-state index in [1.807, 2.05) is 0 Å². The lowest BCUT2D eigenvalue weighted by Crippen LogP contribution is -2.34. The largest absolute Gasteiger partial charge is 0.310 e. The van der Waals surface area contributed by atoms with E-state index in [9.17, 15) is 0 Å². The summed E-state index contributed by atoms with van der Waals surface area (Å²) in [5, 5.41) is 7.52. The number of allylic oxidation sites excluding steroid dienone is 6. The standard InChI is InChI=1S/C60H50N2/c1-59(2)49-22-10-14-26-53(49)61(54-27-15-11-23-50(54)59)43-32-34-45-47(37-43)57(40-19-6-5-7-20-40)48-38-44(33-35-46(48)58(45)42-31-30-39-18-8-9-21-41(39)36-42)62-55-28-16-12-24-51(55)60(3,4)52-25-13-17-29-56(52)62/h5-10,12,14-22,24,26-38H,11,13,23,25H2,1-4H3. The molecule has 0 radical (unpaired) electrons. The molecular formula is C60H50N2. The molecule has 12 rings (SSSR count). The molecule has 8 aromatic carbocycles. The number of para-hydroxylation sites is 2. The number of hydrogen-bond acceptors (Lipinski definition) is 2. The van der Waals surface area contributed by atoms with Gasteiger partial charge in [0.25, 0.3) is 0 Å². The van der Waals surface area contributed by atoms with Crippen molar-refractivity contribution in [1.82, 2.24) is 0 Å². The number of nitrogens with zero attached hydrogens (tertiary/aromatic N) is 2. The van der Waals surface area contributed by atoms with Crippen LogP contribution in [0.25, 0.3) is 54.6 Å². The second kappa shape index (κ2) is 13.8. The second-order valence-corrected chi connectivity index (χ2v) is 18.7. The van der Waals surface area contributed by atoms with Gasteiger partial charge in [0.2, 0.25) is 0 Å². The van der Waals surface area contributed by atoms with Gasteiger partial charge in [0, 0.05) is 33.6 Å². The molecule has 0 saturated carbocycles. The fraction of sp³-hybridized carbons (Fsp3) is 0.167. The summed E-state index contributed by atoms with van der Waals surface area (Å²) in [5.41, 5.74) is 18.2. The van der Waals surface area contributed by atoms with Crippen LogP contribution >= 0.6 is 0 Å². The van der Waals surface area contributed by atoms with Gasteiger partial charge in [-0.25, -0.2) is 0 Å². The Hall–Kier alpha value is -6.90. The molecule has 2 nitrogen and oxygen atoms in total. The van der Waals surface area contributed by atoms with Crippen LogP contribution in [0.4, 0.5) is 22.7 Å². The van der Waals surface area contributed by atoms with Crippen molar-refractivity contribution >= 4 is 55.1 Å². The van der Waals surface area contributed by atoms with Crippen LogP contribution in [0.1, 0.15) is 64.5 Å². The Balaban J connectivity index is 1.19. The molecule has 0 saturated heterocycles. The van der Waals surface area contributed by atoms with Crippen LogP contribution in [-0.4, -0.2) is 0 Å². The third-order valence-electron chi connectivity index (χ3n) is 14.6. The number of benzene rings is 8. The quantitative estimate of drug-likeness (QED) is 0.164. The molecule has 0 bridgehead atoms. The van der Waals surface area contributed by atoms with Crippen molar-refractivity contribution in [2.24, 2.45) is 0 Å². The molecule has 0 fully saturated rings. The van der Waals surface area contributed by atoms with E-state index >= 15 is 0 Å². The first-order chi connectivity index (χ1) is 30.3. The molecule has 300 valence electrons. The van der Waals surface area contributed by atoms with Gasteiger partial charge in [-0.3, -0.25) is 0 Å². The van der Waals surface area contributed by atoms with E-state index in [1.165, 1.54) is 111 Å². The van der Waals surface area contributed by atoms with Gasteiger partial charge in [-0.1, -0.05) is 155 Å². The van der Waals surface area contributed by atoms with Gasteiger partial charge in [-0.05, 0) is 157 Å². The van der Waals surface area contributed by atoms with E-state index in [4.69, 9.17) is 0 Å². The van der Waals surface area contributed by atoms with Gasteiger partial charge in [0.05, 0.1) is 11.4 Å². The van der Waals surface area contributed by atoms with E-state index < -0.39 is 0 Å². The minimum Gasteiger partial charge on any atom is -0.310 e. The van der Waals surface area contributed by atoms with Crippen molar-refractivity contribution in [3.8, 4) is 22.3 Å². The highest BCUT2D eigenvalue weighted by molar-refractivity contribution is 6.23. The molecule has 2 heterocycles. The third kappa shape index (κ3) is 5.42. The molecule has 0 N–H and O–H groups in total. The van der Waals surface area contributed by atoms with Gasteiger partial charge in [-0.2, -0.15) is 0 Å². The van der Waals surface area contributed by atoms with E-state index in [1.54, 1.807) is 0 Å². The molecule has 62 heavy (non-hydrogen) atoms. The molecule has 0 amide bonds. The lowest BCUT2D eigenvalue weighted by Gasteiger charge is -2.44. The molecular weight excluding hydrogens is 749 g/mol. The predicted octanol–water partition coefficient (Wildman–Crippen LogP) is 16.5. The Morgan fingerprint density at radius 2 is 0.887 bits per heavy atom. The van der Waals surface area contributed by atoms with Crippen LogP contribution in [0.15, 0.2) is 205 Å². The molecule has 2 heteroatoms. The summed E-state index contributed by atoms with van der Waals surface area (Å²) in [5.74, 6) is 0. The van der Waals surface area contributed by atoms with E-state index in [-0.39, 0.29) is 10.8 Å². The van der Waals surface area contributed by atoms with E-state index in [0.717, 1.165) is 25.7 Å². The Morgan fingerprint density at radius 1 is 0.403 bits per heavy atom. The van der Waals surface area contributed by atoms with Crippen LogP contribution < -0.4 is 9.80 Å². The van der Waals surface area contributed by atoms with Gasteiger partial charge < -0.3 is 9.80 Å². The topological polar surface area (TPSA) is 6.48 Å². The smallest absolute Gasteiger partial charge is 0.0502 e. The normalized spacial score (nSPS) is 17.4. The minimum absolute atomic E-state index is 0.0554. The van der Waals surface area contributed by atoms with E-state index in [0.29, 0.717) is 0 Å². The lowest BCUT2D eigenvalue weighted by molar-refractivity contribution is 0.570. The second-order valence-electron chi connectivity index (χ2n) is 18.7. The van der Waals surface area contributed by atoms with Crippen molar-refractivity contribution in [3.63, 3.8) is 0 Å². The van der Waals surface area contributed by atoms with Gasteiger partial charge in [0.15, 0.2) is 0 Å². The van der Waals surface area contributed by atoms with Crippen molar-refractivity contribution in [3.05, 3.63) is 216 Å². The SMILES string of the molecule is CC1(C)C2=C(C=CCC2)N(c2ccc3c(-c4ccc5ccccc5c4)c4ccc(N5C6=C(CCC=C6)C(C)(C)c6ccccc65)cc4c(-c4ccccc4)c3c2)c2ccccc21. The Morgan fingerprint density at radius 3 is 1.45 bits per heavy atom. The molecule has 8 aromatic rings. The molecule has 4 aliphatic rings. The molecule has 2 aliphatic carbocycles. The first-order valence-electron chi connectivity index (χ1n) is 22.5. The molecule has 0 unspecified atom stereocenters. The van der Waals surface area contributed by atoms with Crippen molar-refractivity contribution in [2.45, 2.75) is 64.2 Å². The van der Waals surface area contributed by atoms with Crippen LogP contribution in [0, 0.1) is 0 Å². The maximum atomic E-state index is 2.55. The molecule has 0 aromatic heterocycles. The zero-order chi connectivity index (χ0) is 41.7. The van der Waals surface area contributed by atoms with Crippen molar-refractivity contribution in [1.29, 1.82) is 0 Å². The summed E-state index contributed by atoms with van der Waals surface area (Å²) >= 11 is 0. The van der Waals surface area contributed by atoms with Crippen molar-refractivity contribution < 1.29 is 0 Å². The highest BCUT2D eigenvalue weighted by Gasteiger charge is 2.40. The number of rotatable bonds is 4. The van der Waals surface area contributed by atoms with Crippen LogP contribution in [0.2, 0.25) is 0 Å². The molecule has 0 spiro atoms. The van der Waals surface area contributed by atoms with E-state index in [2.05, 4.69) is 220 Å². The van der Waals surface area contributed by atoms with Gasteiger partial charge >= 0.3 is 0 Å². The summed E-state index contributed by atoms with van der Waals surface area (Å²) in [7, 11) is 0. The molecule has 2 aliphatic heterocycles. The molecule has 0 atom stereocenters. The van der Waals surface area contributed by atoms with Crippen molar-refractivity contribution in [2.75, 3.05) is 9.80 Å².